The van der Waals surface area contributed by atoms with E-state index in [0.717, 1.165) is 16.7 Å². The molecule has 0 saturated heterocycles. The Morgan fingerprint density at radius 2 is 1.64 bits per heavy atom. The first-order valence-corrected chi connectivity index (χ1v) is 8.36. The lowest BCUT2D eigenvalue weighted by atomic mass is 10.1. The SMILES string of the molecule is CCOCc1ccccc1CNC(=O)CNC(=O)c1ccc(C)cc1. The van der Waals surface area contributed by atoms with Gasteiger partial charge in [-0.05, 0) is 37.1 Å². The zero-order valence-corrected chi connectivity index (χ0v) is 14.7. The monoisotopic (exact) mass is 340 g/mol. The van der Waals surface area contributed by atoms with Gasteiger partial charge in [0.2, 0.25) is 5.91 Å². The minimum atomic E-state index is -0.258. The number of rotatable bonds is 8. The molecule has 2 amide bonds. The fourth-order valence-electron chi connectivity index (χ4n) is 2.31. The Kier molecular flexibility index (Phi) is 7.16. The Balaban J connectivity index is 1.81. The molecule has 5 nitrogen and oxygen atoms in total. The molecule has 25 heavy (non-hydrogen) atoms. The maximum absolute atomic E-state index is 12.0. The Labute approximate surface area is 148 Å². The van der Waals surface area contributed by atoms with Crippen molar-refractivity contribution in [3.05, 3.63) is 70.8 Å². The van der Waals surface area contributed by atoms with Gasteiger partial charge < -0.3 is 15.4 Å². The number of benzene rings is 2. The fraction of sp³-hybridized carbons (Fsp3) is 0.300. The van der Waals surface area contributed by atoms with Gasteiger partial charge in [-0.1, -0.05) is 42.0 Å². The van der Waals surface area contributed by atoms with Crippen LogP contribution in [0.5, 0.6) is 0 Å². The highest BCUT2D eigenvalue weighted by atomic mass is 16.5. The molecule has 0 radical (unpaired) electrons. The van der Waals surface area contributed by atoms with Crippen LogP contribution in [0.15, 0.2) is 48.5 Å². The summed E-state index contributed by atoms with van der Waals surface area (Å²) in [7, 11) is 0. The van der Waals surface area contributed by atoms with Crippen molar-refractivity contribution in [2.24, 2.45) is 0 Å². The number of nitrogens with one attached hydrogen (secondary N) is 2. The molecule has 0 heterocycles. The zero-order chi connectivity index (χ0) is 18.1. The highest BCUT2D eigenvalue weighted by molar-refractivity contribution is 5.96. The molecule has 132 valence electrons. The average Bonchev–Trinajstić information content (AvgIpc) is 2.64. The largest absolute Gasteiger partial charge is 0.377 e. The average molecular weight is 340 g/mol. The van der Waals surface area contributed by atoms with Crippen molar-refractivity contribution in [1.82, 2.24) is 10.6 Å². The molecule has 0 saturated carbocycles. The third-order valence-electron chi connectivity index (χ3n) is 3.78. The molecule has 2 aromatic carbocycles. The van der Waals surface area contributed by atoms with Crippen molar-refractivity contribution < 1.29 is 14.3 Å². The van der Waals surface area contributed by atoms with Crippen LogP contribution in [0.3, 0.4) is 0 Å². The first-order valence-electron chi connectivity index (χ1n) is 8.36. The Morgan fingerprint density at radius 1 is 0.960 bits per heavy atom. The molecule has 0 aliphatic rings. The van der Waals surface area contributed by atoms with Gasteiger partial charge in [-0.3, -0.25) is 9.59 Å². The van der Waals surface area contributed by atoms with Crippen molar-refractivity contribution in [2.75, 3.05) is 13.2 Å². The second-order valence-electron chi connectivity index (χ2n) is 5.73. The molecule has 0 unspecified atom stereocenters. The van der Waals surface area contributed by atoms with Crippen LogP contribution in [0.4, 0.5) is 0 Å². The molecule has 0 spiro atoms. The Bertz CT molecular complexity index is 711. The first kappa shape index (κ1) is 18.7. The van der Waals surface area contributed by atoms with Crippen LogP contribution in [-0.4, -0.2) is 25.0 Å². The number of hydrogen-bond acceptors (Lipinski definition) is 3. The number of hydrogen-bond donors (Lipinski definition) is 2. The predicted octanol–water partition coefficient (Wildman–Crippen LogP) is 2.58. The fourth-order valence-corrected chi connectivity index (χ4v) is 2.31. The third-order valence-corrected chi connectivity index (χ3v) is 3.78. The number of aryl methyl sites for hydroxylation is 1. The topological polar surface area (TPSA) is 67.4 Å². The summed E-state index contributed by atoms with van der Waals surface area (Å²) in [5.41, 5.74) is 3.68. The molecule has 2 aromatic rings. The summed E-state index contributed by atoms with van der Waals surface area (Å²) in [6.07, 6.45) is 0. The molecule has 0 aliphatic carbocycles. The van der Waals surface area contributed by atoms with Gasteiger partial charge in [-0.15, -0.1) is 0 Å². The number of carbonyl (C=O) groups excluding carboxylic acids is 2. The van der Waals surface area contributed by atoms with E-state index in [0.29, 0.717) is 25.3 Å². The lowest BCUT2D eigenvalue weighted by Gasteiger charge is -2.11. The minimum Gasteiger partial charge on any atom is -0.377 e. The van der Waals surface area contributed by atoms with Gasteiger partial charge in [0.25, 0.3) is 5.91 Å². The van der Waals surface area contributed by atoms with E-state index in [4.69, 9.17) is 4.74 Å². The summed E-state index contributed by atoms with van der Waals surface area (Å²) in [6.45, 7) is 5.42. The lowest BCUT2D eigenvalue weighted by Crippen LogP contribution is -2.36. The first-order chi connectivity index (χ1) is 12.1. The van der Waals surface area contributed by atoms with Gasteiger partial charge in [0.15, 0.2) is 0 Å². The molecule has 2 rings (SSSR count). The number of ether oxygens (including phenoxy) is 1. The van der Waals surface area contributed by atoms with Crippen LogP contribution >= 0.6 is 0 Å². The highest BCUT2D eigenvalue weighted by Crippen LogP contribution is 2.10. The van der Waals surface area contributed by atoms with Crippen LogP contribution in [0.25, 0.3) is 0 Å². The molecule has 0 atom stereocenters. The van der Waals surface area contributed by atoms with Crippen molar-refractivity contribution >= 4 is 11.8 Å². The zero-order valence-electron chi connectivity index (χ0n) is 14.7. The van der Waals surface area contributed by atoms with Crippen LogP contribution in [-0.2, 0) is 22.7 Å². The second kappa shape index (κ2) is 9.59. The van der Waals surface area contributed by atoms with Gasteiger partial charge >= 0.3 is 0 Å². The minimum absolute atomic E-state index is 0.0552. The molecule has 0 aliphatic heterocycles. The molecule has 0 aromatic heterocycles. The van der Waals surface area contributed by atoms with Gasteiger partial charge in [0, 0.05) is 18.7 Å². The van der Waals surface area contributed by atoms with E-state index >= 15 is 0 Å². The van der Waals surface area contributed by atoms with Crippen molar-refractivity contribution in [1.29, 1.82) is 0 Å². The predicted molar refractivity (Wildman–Crippen MR) is 97.1 cm³/mol. The van der Waals surface area contributed by atoms with E-state index in [1.807, 2.05) is 50.2 Å². The van der Waals surface area contributed by atoms with Gasteiger partial charge in [0.05, 0.1) is 13.2 Å². The quantitative estimate of drug-likeness (QED) is 0.776. The summed E-state index contributed by atoms with van der Waals surface area (Å²) in [5.74, 6) is -0.487. The van der Waals surface area contributed by atoms with Crippen molar-refractivity contribution in [3.8, 4) is 0 Å². The maximum Gasteiger partial charge on any atom is 0.251 e. The van der Waals surface area contributed by atoms with Gasteiger partial charge in [-0.2, -0.15) is 0 Å². The van der Waals surface area contributed by atoms with E-state index in [1.54, 1.807) is 12.1 Å². The molecule has 2 N–H and O–H groups in total. The van der Waals surface area contributed by atoms with Crippen molar-refractivity contribution in [3.63, 3.8) is 0 Å². The normalized spacial score (nSPS) is 10.3. The van der Waals surface area contributed by atoms with Crippen LogP contribution in [0, 0.1) is 6.92 Å². The number of carbonyl (C=O) groups is 2. The highest BCUT2D eigenvalue weighted by Gasteiger charge is 2.08. The molecule has 5 heteroatoms. The van der Waals surface area contributed by atoms with Gasteiger partial charge in [0.1, 0.15) is 0 Å². The van der Waals surface area contributed by atoms with Crippen LogP contribution < -0.4 is 10.6 Å². The number of amides is 2. The van der Waals surface area contributed by atoms with E-state index < -0.39 is 0 Å². The maximum atomic E-state index is 12.0. The third kappa shape index (κ3) is 6.04. The molecule has 0 bridgehead atoms. The van der Waals surface area contributed by atoms with E-state index in [2.05, 4.69) is 10.6 Å². The smallest absolute Gasteiger partial charge is 0.251 e. The molecular weight excluding hydrogens is 316 g/mol. The Morgan fingerprint density at radius 3 is 2.32 bits per heavy atom. The van der Waals surface area contributed by atoms with E-state index in [9.17, 15) is 9.59 Å². The summed E-state index contributed by atoms with van der Waals surface area (Å²) < 4.78 is 5.43. The standard InChI is InChI=1S/C20H24N2O3/c1-3-25-14-18-7-5-4-6-17(18)12-21-19(23)13-22-20(24)16-10-8-15(2)9-11-16/h4-11H,3,12-14H2,1-2H3,(H,21,23)(H,22,24). The molecule has 0 fully saturated rings. The van der Waals surface area contributed by atoms with Crippen LogP contribution in [0.2, 0.25) is 0 Å². The summed E-state index contributed by atoms with van der Waals surface area (Å²) in [4.78, 5) is 24.0. The van der Waals surface area contributed by atoms with E-state index in [-0.39, 0.29) is 18.4 Å². The van der Waals surface area contributed by atoms with Gasteiger partial charge in [-0.25, -0.2) is 0 Å². The molecular formula is C20H24N2O3. The summed E-state index contributed by atoms with van der Waals surface area (Å²) >= 11 is 0. The van der Waals surface area contributed by atoms with Crippen molar-refractivity contribution in [2.45, 2.75) is 27.0 Å². The lowest BCUT2D eigenvalue weighted by molar-refractivity contribution is -0.120. The van der Waals surface area contributed by atoms with E-state index in [1.165, 1.54) is 0 Å². The second-order valence-corrected chi connectivity index (χ2v) is 5.73. The summed E-state index contributed by atoms with van der Waals surface area (Å²) in [6, 6.07) is 15.0. The Hall–Kier alpha value is -2.66. The summed E-state index contributed by atoms with van der Waals surface area (Å²) in [5, 5.41) is 5.45. The van der Waals surface area contributed by atoms with Crippen LogP contribution in [0.1, 0.15) is 34.0 Å².